The summed E-state index contributed by atoms with van der Waals surface area (Å²) in [6, 6.07) is 7.91. The van der Waals surface area contributed by atoms with Gasteiger partial charge in [-0.05, 0) is 34.1 Å². The van der Waals surface area contributed by atoms with Gasteiger partial charge in [-0.3, -0.25) is 4.79 Å². The van der Waals surface area contributed by atoms with Crippen LogP contribution in [0.15, 0.2) is 41.0 Å². The Morgan fingerprint density at radius 3 is 2.61 bits per heavy atom. The van der Waals surface area contributed by atoms with E-state index in [-0.39, 0.29) is 11.6 Å². The summed E-state index contributed by atoms with van der Waals surface area (Å²) in [4.78, 5) is 13.6. The summed E-state index contributed by atoms with van der Waals surface area (Å²) in [5, 5.41) is 0. The van der Waals surface area contributed by atoms with E-state index in [1.807, 2.05) is 0 Å². The van der Waals surface area contributed by atoms with Crippen LogP contribution in [0.1, 0.15) is 10.5 Å². The summed E-state index contributed by atoms with van der Waals surface area (Å²) in [7, 11) is 3.33. The number of nitrogens with zero attached hydrogens (tertiary/aromatic N) is 2. The topological polar surface area (TPSA) is 25.2 Å². The minimum atomic E-state index is -0.415. The molecule has 0 aliphatic heterocycles. The van der Waals surface area contributed by atoms with Gasteiger partial charge in [0, 0.05) is 24.8 Å². The number of aryl methyl sites for hydroxylation is 1. The summed E-state index contributed by atoms with van der Waals surface area (Å²) in [5.41, 5.74) is 0.757. The van der Waals surface area contributed by atoms with Crippen LogP contribution in [0.2, 0.25) is 0 Å². The fraction of sp³-hybridized carbons (Fsp3) is 0.154. The van der Waals surface area contributed by atoms with Crippen molar-refractivity contribution in [2.24, 2.45) is 7.05 Å². The molecule has 0 bridgehead atoms. The molecule has 2 aromatic rings. The molecular formula is C13H12BrFN2O. The number of benzene rings is 1. The van der Waals surface area contributed by atoms with E-state index in [2.05, 4.69) is 15.9 Å². The number of anilines is 1. The molecule has 0 aliphatic rings. The lowest BCUT2D eigenvalue weighted by Gasteiger charge is -2.18. The molecule has 2 rings (SSSR count). The molecule has 0 atom stereocenters. The molecule has 1 aromatic heterocycles. The second kappa shape index (κ2) is 4.94. The molecule has 0 saturated carbocycles. The van der Waals surface area contributed by atoms with E-state index in [1.54, 1.807) is 49.1 Å². The van der Waals surface area contributed by atoms with E-state index in [0.717, 1.165) is 4.47 Å². The van der Waals surface area contributed by atoms with E-state index in [9.17, 15) is 9.18 Å². The Bertz CT molecular complexity index is 594. The monoisotopic (exact) mass is 310 g/mol. The highest BCUT2D eigenvalue weighted by atomic mass is 79.9. The van der Waals surface area contributed by atoms with Crippen LogP contribution in [-0.4, -0.2) is 17.5 Å². The number of para-hydroxylation sites is 1. The lowest BCUT2D eigenvalue weighted by molar-refractivity contribution is 0.0984. The number of hydrogen-bond donors (Lipinski definition) is 0. The molecule has 0 fully saturated rings. The second-order valence-electron chi connectivity index (χ2n) is 3.97. The normalized spacial score (nSPS) is 10.4. The van der Waals surface area contributed by atoms with Gasteiger partial charge in [-0.15, -0.1) is 0 Å². The Labute approximate surface area is 113 Å². The zero-order valence-electron chi connectivity index (χ0n) is 10.0. The molecular weight excluding hydrogens is 299 g/mol. The second-order valence-corrected chi connectivity index (χ2v) is 4.89. The third-order valence-corrected chi connectivity index (χ3v) is 3.14. The SMILES string of the molecule is CN(C(=O)c1cc(Br)cn1C)c1ccccc1F. The Morgan fingerprint density at radius 2 is 2.06 bits per heavy atom. The first-order valence-corrected chi connectivity index (χ1v) is 6.14. The first-order chi connectivity index (χ1) is 8.50. The van der Waals surface area contributed by atoms with Crippen molar-refractivity contribution in [3.8, 4) is 0 Å². The van der Waals surface area contributed by atoms with Crippen molar-refractivity contribution < 1.29 is 9.18 Å². The van der Waals surface area contributed by atoms with Gasteiger partial charge in [0.1, 0.15) is 11.5 Å². The predicted molar refractivity (Wildman–Crippen MR) is 72.2 cm³/mol. The first kappa shape index (κ1) is 12.8. The van der Waals surface area contributed by atoms with Gasteiger partial charge in [-0.2, -0.15) is 0 Å². The molecule has 1 aromatic carbocycles. The zero-order valence-corrected chi connectivity index (χ0v) is 11.6. The van der Waals surface area contributed by atoms with E-state index in [4.69, 9.17) is 0 Å². The highest BCUT2D eigenvalue weighted by Gasteiger charge is 2.19. The Morgan fingerprint density at radius 1 is 1.39 bits per heavy atom. The van der Waals surface area contributed by atoms with Gasteiger partial charge in [0.25, 0.3) is 5.91 Å². The minimum absolute atomic E-state index is 0.256. The van der Waals surface area contributed by atoms with Gasteiger partial charge in [0.15, 0.2) is 0 Å². The zero-order chi connectivity index (χ0) is 13.3. The highest BCUT2D eigenvalue weighted by Crippen LogP contribution is 2.21. The third kappa shape index (κ3) is 2.31. The molecule has 94 valence electrons. The number of amides is 1. The maximum absolute atomic E-state index is 13.6. The molecule has 0 N–H and O–H groups in total. The fourth-order valence-corrected chi connectivity index (χ4v) is 2.27. The number of rotatable bonds is 2. The standard InChI is InChI=1S/C13H12BrFN2O/c1-16-8-9(14)7-12(16)13(18)17(2)11-6-4-3-5-10(11)15/h3-8H,1-2H3. The number of halogens is 2. The summed E-state index contributed by atoms with van der Waals surface area (Å²) < 4.78 is 16.1. The third-order valence-electron chi connectivity index (χ3n) is 2.71. The van der Waals surface area contributed by atoms with Gasteiger partial charge in [-0.1, -0.05) is 12.1 Å². The highest BCUT2D eigenvalue weighted by molar-refractivity contribution is 9.10. The lowest BCUT2D eigenvalue weighted by atomic mass is 10.2. The van der Waals surface area contributed by atoms with Crippen LogP contribution >= 0.6 is 15.9 Å². The summed E-state index contributed by atoms with van der Waals surface area (Å²) in [6.45, 7) is 0. The van der Waals surface area contributed by atoms with Crippen molar-refractivity contribution in [3.05, 3.63) is 52.5 Å². The molecule has 0 unspecified atom stereocenters. The average molecular weight is 311 g/mol. The molecule has 0 saturated heterocycles. The van der Waals surface area contributed by atoms with Crippen molar-refractivity contribution in [3.63, 3.8) is 0 Å². The van der Waals surface area contributed by atoms with Crippen molar-refractivity contribution in [1.29, 1.82) is 0 Å². The van der Waals surface area contributed by atoms with Gasteiger partial charge in [-0.25, -0.2) is 4.39 Å². The van der Waals surface area contributed by atoms with E-state index in [0.29, 0.717) is 5.69 Å². The maximum atomic E-state index is 13.6. The Hall–Kier alpha value is -1.62. The molecule has 5 heteroatoms. The molecule has 1 amide bonds. The van der Waals surface area contributed by atoms with Crippen LogP contribution in [0.25, 0.3) is 0 Å². The molecule has 0 spiro atoms. The van der Waals surface area contributed by atoms with Gasteiger partial charge in [0.05, 0.1) is 5.69 Å². The van der Waals surface area contributed by atoms with Gasteiger partial charge < -0.3 is 9.47 Å². The molecule has 18 heavy (non-hydrogen) atoms. The fourth-order valence-electron chi connectivity index (χ4n) is 1.74. The van der Waals surface area contributed by atoms with Crippen LogP contribution in [0.4, 0.5) is 10.1 Å². The number of hydrogen-bond acceptors (Lipinski definition) is 1. The number of carbonyl (C=O) groups excluding carboxylic acids is 1. The van der Waals surface area contributed by atoms with Crippen LogP contribution < -0.4 is 4.90 Å². The molecule has 0 aliphatic carbocycles. The summed E-state index contributed by atoms with van der Waals surface area (Å²) in [6.07, 6.45) is 1.78. The van der Waals surface area contributed by atoms with E-state index in [1.165, 1.54) is 11.0 Å². The molecule has 0 radical (unpaired) electrons. The predicted octanol–water partition coefficient (Wildman–Crippen LogP) is 3.20. The van der Waals surface area contributed by atoms with Gasteiger partial charge in [0.2, 0.25) is 0 Å². The first-order valence-electron chi connectivity index (χ1n) is 5.35. The van der Waals surface area contributed by atoms with Crippen LogP contribution in [0.3, 0.4) is 0 Å². The minimum Gasteiger partial charge on any atom is -0.345 e. The molecule has 3 nitrogen and oxygen atoms in total. The van der Waals surface area contributed by atoms with Crippen LogP contribution in [0.5, 0.6) is 0 Å². The van der Waals surface area contributed by atoms with Gasteiger partial charge >= 0.3 is 0 Å². The van der Waals surface area contributed by atoms with Crippen molar-refractivity contribution >= 4 is 27.5 Å². The maximum Gasteiger partial charge on any atom is 0.274 e. The van der Waals surface area contributed by atoms with Crippen LogP contribution in [-0.2, 0) is 7.05 Å². The summed E-state index contributed by atoms with van der Waals surface area (Å²) >= 11 is 3.31. The van der Waals surface area contributed by atoms with Crippen molar-refractivity contribution in [1.82, 2.24) is 4.57 Å². The van der Waals surface area contributed by atoms with Crippen molar-refractivity contribution in [2.75, 3.05) is 11.9 Å². The Kier molecular flexibility index (Phi) is 3.52. The lowest BCUT2D eigenvalue weighted by Crippen LogP contribution is -2.28. The Balaban J connectivity index is 2.35. The average Bonchev–Trinajstić information content (AvgIpc) is 2.67. The molecule has 1 heterocycles. The van der Waals surface area contributed by atoms with E-state index >= 15 is 0 Å². The number of aromatic nitrogens is 1. The quantitative estimate of drug-likeness (QED) is 0.836. The smallest absolute Gasteiger partial charge is 0.274 e. The van der Waals surface area contributed by atoms with E-state index < -0.39 is 5.82 Å². The summed E-state index contributed by atoms with van der Waals surface area (Å²) in [5.74, 6) is -0.671. The van der Waals surface area contributed by atoms with Crippen molar-refractivity contribution in [2.45, 2.75) is 0 Å². The largest absolute Gasteiger partial charge is 0.345 e. The van der Waals surface area contributed by atoms with Crippen LogP contribution in [0, 0.1) is 5.82 Å². The number of carbonyl (C=O) groups is 1.